The SMILES string of the molecule is CC(N(C)C(=O)c1ccc(Br)cn1)C(C)(C)C. The molecule has 0 saturated carbocycles. The van der Waals surface area contributed by atoms with Crippen molar-refractivity contribution in [2.24, 2.45) is 5.41 Å². The van der Waals surface area contributed by atoms with Crippen LogP contribution in [0.1, 0.15) is 38.2 Å². The van der Waals surface area contributed by atoms with Gasteiger partial charge in [-0.2, -0.15) is 0 Å². The van der Waals surface area contributed by atoms with Gasteiger partial charge in [0.25, 0.3) is 5.91 Å². The molecule has 0 aromatic carbocycles. The van der Waals surface area contributed by atoms with Gasteiger partial charge in [-0.15, -0.1) is 0 Å². The first-order chi connectivity index (χ1) is 7.73. The summed E-state index contributed by atoms with van der Waals surface area (Å²) in [5.74, 6) is -0.0417. The summed E-state index contributed by atoms with van der Waals surface area (Å²) in [6.07, 6.45) is 1.64. The zero-order valence-corrected chi connectivity index (χ0v) is 12.6. The highest BCUT2D eigenvalue weighted by Gasteiger charge is 2.27. The van der Waals surface area contributed by atoms with Crippen LogP contribution in [-0.2, 0) is 0 Å². The first-order valence-electron chi connectivity index (χ1n) is 5.62. The van der Waals surface area contributed by atoms with Crippen molar-refractivity contribution in [2.75, 3.05) is 7.05 Å². The van der Waals surface area contributed by atoms with Gasteiger partial charge in [-0.25, -0.2) is 4.98 Å². The molecule has 0 fully saturated rings. The van der Waals surface area contributed by atoms with Gasteiger partial charge in [0.05, 0.1) is 0 Å². The lowest BCUT2D eigenvalue weighted by Crippen LogP contribution is -2.43. The quantitative estimate of drug-likeness (QED) is 0.839. The molecule has 94 valence electrons. The van der Waals surface area contributed by atoms with Crippen molar-refractivity contribution in [1.82, 2.24) is 9.88 Å². The van der Waals surface area contributed by atoms with Crippen LogP contribution < -0.4 is 0 Å². The largest absolute Gasteiger partial charge is 0.337 e. The fraction of sp³-hybridized carbons (Fsp3) is 0.538. The summed E-state index contributed by atoms with van der Waals surface area (Å²) in [7, 11) is 1.82. The minimum Gasteiger partial charge on any atom is -0.337 e. The number of carbonyl (C=O) groups excluding carboxylic acids is 1. The Hall–Kier alpha value is -0.900. The van der Waals surface area contributed by atoms with E-state index in [0.29, 0.717) is 5.69 Å². The Kier molecular flexibility index (Phi) is 4.31. The van der Waals surface area contributed by atoms with Crippen molar-refractivity contribution in [2.45, 2.75) is 33.7 Å². The van der Waals surface area contributed by atoms with E-state index >= 15 is 0 Å². The molecule has 0 aliphatic heterocycles. The van der Waals surface area contributed by atoms with E-state index in [-0.39, 0.29) is 17.4 Å². The molecule has 1 atom stereocenters. The zero-order chi connectivity index (χ0) is 13.2. The summed E-state index contributed by atoms with van der Waals surface area (Å²) in [5.41, 5.74) is 0.534. The Morgan fingerprint density at radius 3 is 2.41 bits per heavy atom. The van der Waals surface area contributed by atoms with Crippen molar-refractivity contribution in [3.8, 4) is 0 Å². The van der Waals surface area contributed by atoms with E-state index in [1.165, 1.54) is 0 Å². The fourth-order valence-electron chi connectivity index (χ4n) is 1.44. The highest BCUT2D eigenvalue weighted by Crippen LogP contribution is 2.24. The summed E-state index contributed by atoms with van der Waals surface area (Å²) in [6.45, 7) is 8.42. The molecule has 1 aromatic heterocycles. The minimum absolute atomic E-state index is 0.0417. The van der Waals surface area contributed by atoms with Crippen molar-refractivity contribution >= 4 is 21.8 Å². The van der Waals surface area contributed by atoms with E-state index in [1.807, 2.05) is 13.1 Å². The van der Waals surface area contributed by atoms with Crippen LogP contribution in [-0.4, -0.2) is 28.9 Å². The number of hydrogen-bond donors (Lipinski definition) is 0. The topological polar surface area (TPSA) is 33.2 Å². The predicted octanol–water partition coefficient (Wildman–Crippen LogP) is 3.35. The molecule has 1 unspecified atom stereocenters. The van der Waals surface area contributed by atoms with Gasteiger partial charge in [0.2, 0.25) is 0 Å². The number of nitrogens with zero attached hydrogens (tertiary/aromatic N) is 2. The molecule has 1 rings (SSSR count). The van der Waals surface area contributed by atoms with Gasteiger partial charge in [0.1, 0.15) is 5.69 Å². The molecule has 0 spiro atoms. The van der Waals surface area contributed by atoms with E-state index < -0.39 is 0 Å². The van der Waals surface area contributed by atoms with Crippen LogP contribution in [0.25, 0.3) is 0 Å². The van der Waals surface area contributed by atoms with Gasteiger partial charge < -0.3 is 4.90 Å². The van der Waals surface area contributed by atoms with Gasteiger partial charge in [-0.05, 0) is 40.4 Å². The summed E-state index contributed by atoms with van der Waals surface area (Å²) in [6, 6.07) is 3.72. The van der Waals surface area contributed by atoms with E-state index in [9.17, 15) is 4.79 Å². The average molecular weight is 299 g/mol. The third-order valence-corrected chi connectivity index (χ3v) is 3.57. The zero-order valence-electron chi connectivity index (χ0n) is 11.0. The molecule has 0 bridgehead atoms. The highest BCUT2D eigenvalue weighted by molar-refractivity contribution is 9.10. The smallest absolute Gasteiger partial charge is 0.272 e. The number of aromatic nitrogens is 1. The summed E-state index contributed by atoms with van der Waals surface area (Å²) < 4.78 is 0.876. The first kappa shape index (κ1) is 14.2. The lowest BCUT2D eigenvalue weighted by molar-refractivity contribution is 0.0623. The molecule has 4 heteroatoms. The number of carbonyl (C=O) groups is 1. The van der Waals surface area contributed by atoms with Gasteiger partial charge in [0, 0.05) is 23.8 Å². The molecular formula is C13H19BrN2O. The van der Waals surface area contributed by atoms with Crippen LogP contribution in [0.15, 0.2) is 22.8 Å². The van der Waals surface area contributed by atoms with Crippen LogP contribution in [0, 0.1) is 5.41 Å². The number of hydrogen-bond acceptors (Lipinski definition) is 2. The Balaban J connectivity index is 2.87. The summed E-state index contributed by atoms with van der Waals surface area (Å²) in [5, 5.41) is 0. The molecule has 1 aromatic rings. The van der Waals surface area contributed by atoms with Gasteiger partial charge >= 0.3 is 0 Å². The van der Waals surface area contributed by atoms with Crippen LogP contribution in [0.3, 0.4) is 0 Å². The first-order valence-corrected chi connectivity index (χ1v) is 6.41. The van der Waals surface area contributed by atoms with Gasteiger partial charge in [-0.1, -0.05) is 20.8 Å². The van der Waals surface area contributed by atoms with E-state index in [1.54, 1.807) is 17.2 Å². The third kappa shape index (κ3) is 3.53. The number of halogens is 1. The van der Waals surface area contributed by atoms with Crippen molar-refractivity contribution in [3.05, 3.63) is 28.5 Å². The maximum Gasteiger partial charge on any atom is 0.272 e. The predicted molar refractivity (Wildman–Crippen MR) is 72.9 cm³/mol. The fourth-order valence-corrected chi connectivity index (χ4v) is 1.67. The van der Waals surface area contributed by atoms with Crippen molar-refractivity contribution < 1.29 is 4.79 Å². The van der Waals surface area contributed by atoms with Crippen molar-refractivity contribution in [3.63, 3.8) is 0 Å². The molecule has 0 radical (unpaired) electrons. The van der Waals surface area contributed by atoms with Gasteiger partial charge in [0.15, 0.2) is 0 Å². The summed E-state index contributed by atoms with van der Waals surface area (Å²) >= 11 is 3.30. The van der Waals surface area contributed by atoms with Crippen LogP contribution in [0.4, 0.5) is 0 Å². The number of rotatable bonds is 2. The number of amides is 1. The maximum atomic E-state index is 12.2. The lowest BCUT2D eigenvalue weighted by Gasteiger charge is -2.35. The maximum absolute atomic E-state index is 12.2. The standard InChI is InChI=1S/C13H19BrN2O/c1-9(13(2,3)4)16(5)12(17)11-7-6-10(14)8-15-11/h6-9H,1-5H3. The Labute approximate surface area is 111 Å². The number of pyridine rings is 1. The molecule has 17 heavy (non-hydrogen) atoms. The Bertz CT molecular complexity index is 395. The van der Waals surface area contributed by atoms with Crippen molar-refractivity contribution in [1.29, 1.82) is 0 Å². The van der Waals surface area contributed by atoms with Crippen LogP contribution >= 0.6 is 15.9 Å². The van der Waals surface area contributed by atoms with Gasteiger partial charge in [-0.3, -0.25) is 4.79 Å². The molecular weight excluding hydrogens is 280 g/mol. The second kappa shape index (κ2) is 5.17. The third-order valence-electron chi connectivity index (χ3n) is 3.10. The summed E-state index contributed by atoms with van der Waals surface area (Å²) in [4.78, 5) is 18.1. The Morgan fingerprint density at radius 2 is 2.00 bits per heavy atom. The Morgan fingerprint density at radius 1 is 1.41 bits per heavy atom. The highest BCUT2D eigenvalue weighted by atomic mass is 79.9. The second-order valence-corrected chi connectivity index (χ2v) is 6.24. The molecule has 0 N–H and O–H groups in total. The van der Waals surface area contributed by atoms with E-state index in [0.717, 1.165) is 4.47 Å². The lowest BCUT2D eigenvalue weighted by atomic mass is 9.87. The van der Waals surface area contributed by atoms with E-state index in [4.69, 9.17) is 0 Å². The molecule has 1 amide bonds. The monoisotopic (exact) mass is 298 g/mol. The average Bonchev–Trinajstić information content (AvgIpc) is 2.26. The van der Waals surface area contributed by atoms with E-state index in [2.05, 4.69) is 48.6 Å². The molecule has 0 aliphatic carbocycles. The van der Waals surface area contributed by atoms with Crippen LogP contribution in [0.5, 0.6) is 0 Å². The molecule has 0 saturated heterocycles. The van der Waals surface area contributed by atoms with Crippen LogP contribution in [0.2, 0.25) is 0 Å². The minimum atomic E-state index is -0.0417. The normalized spacial score (nSPS) is 13.3. The second-order valence-electron chi connectivity index (χ2n) is 5.32. The molecule has 1 heterocycles. The molecule has 0 aliphatic rings. The molecule has 3 nitrogen and oxygen atoms in total.